The van der Waals surface area contributed by atoms with E-state index in [1.807, 2.05) is 26.0 Å². The standard InChI is InChI=1S/C23H25N5O4/c1-12-10-31-11-19(12)28(23(29)30)20-7-15-5-14(6-18(24)17(15)9-26-20)16-8-27-22-21(13(16)2)25-3-4-32-22/h5-9,12,19,25H,3-4,10-11,24H2,1-2H3,(H,29,30)/t12-,19-/m1/s1. The third kappa shape index (κ3) is 3.34. The van der Waals surface area contributed by atoms with Gasteiger partial charge in [0.05, 0.1) is 19.3 Å². The molecule has 166 valence electrons. The lowest BCUT2D eigenvalue weighted by molar-refractivity contribution is 0.181. The number of rotatable bonds is 3. The summed E-state index contributed by atoms with van der Waals surface area (Å²) in [5.41, 5.74) is 10.7. The molecule has 1 amide bonds. The number of anilines is 3. The van der Waals surface area contributed by atoms with Gasteiger partial charge in [0.2, 0.25) is 5.88 Å². The van der Waals surface area contributed by atoms with Gasteiger partial charge in [0, 0.05) is 41.5 Å². The van der Waals surface area contributed by atoms with Gasteiger partial charge in [-0.25, -0.2) is 14.8 Å². The van der Waals surface area contributed by atoms with E-state index in [4.69, 9.17) is 15.2 Å². The molecule has 32 heavy (non-hydrogen) atoms. The van der Waals surface area contributed by atoms with Crippen LogP contribution in [0.5, 0.6) is 5.88 Å². The molecule has 0 radical (unpaired) electrons. The van der Waals surface area contributed by atoms with Crippen LogP contribution in [0.2, 0.25) is 0 Å². The number of hydrogen-bond acceptors (Lipinski definition) is 7. The number of benzene rings is 1. The van der Waals surface area contributed by atoms with Crippen LogP contribution in [0.15, 0.2) is 30.6 Å². The second-order valence-electron chi connectivity index (χ2n) is 8.32. The number of carbonyl (C=O) groups is 1. The molecule has 4 N–H and O–H groups in total. The Kier molecular flexibility index (Phi) is 4.97. The van der Waals surface area contributed by atoms with Crippen molar-refractivity contribution < 1.29 is 19.4 Å². The van der Waals surface area contributed by atoms with Crippen LogP contribution in [-0.4, -0.2) is 53.6 Å². The highest BCUT2D eigenvalue weighted by Crippen LogP contribution is 2.38. The van der Waals surface area contributed by atoms with Crippen LogP contribution in [0.3, 0.4) is 0 Å². The van der Waals surface area contributed by atoms with Crippen molar-refractivity contribution in [2.45, 2.75) is 19.9 Å². The van der Waals surface area contributed by atoms with Gasteiger partial charge in [-0.2, -0.15) is 0 Å². The van der Waals surface area contributed by atoms with E-state index in [-0.39, 0.29) is 12.0 Å². The molecule has 0 aliphatic carbocycles. The van der Waals surface area contributed by atoms with Crippen molar-refractivity contribution in [1.29, 1.82) is 0 Å². The van der Waals surface area contributed by atoms with Crippen LogP contribution in [0, 0.1) is 12.8 Å². The molecular formula is C23H25N5O4. The molecule has 0 bridgehead atoms. The SMILES string of the molecule is Cc1c(-c2cc(N)c3cnc(N(C(=O)O)[C@@H]4COC[C@H]4C)cc3c2)cnc2c1NCCO2. The van der Waals surface area contributed by atoms with Crippen LogP contribution < -0.4 is 20.7 Å². The third-order valence-electron chi connectivity index (χ3n) is 6.22. The maximum Gasteiger partial charge on any atom is 0.413 e. The van der Waals surface area contributed by atoms with Gasteiger partial charge in [-0.3, -0.25) is 4.90 Å². The van der Waals surface area contributed by atoms with Crippen LogP contribution in [0.1, 0.15) is 12.5 Å². The highest BCUT2D eigenvalue weighted by Gasteiger charge is 2.35. The molecule has 0 saturated carbocycles. The quantitative estimate of drug-likeness (QED) is 0.534. The van der Waals surface area contributed by atoms with E-state index in [0.717, 1.165) is 39.7 Å². The molecule has 4 heterocycles. The molecule has 5 rings (SSSR count). The van der Waals surface area contributed by atoms with E-state index in [0.29, 0.717) is 37.2 Å². The summed E-state index contributed by atoms with van der Waals surface area (Å²) in [6.07, 6.45) is 2.36. The van der Waals surface area contributed by atoms with Crippen molar-refractivity contribution in [1.82, 2.24) is 9.97 Å². The summed E-state index contributed by atoms with van der Waals surface area (Å²) in [5.74, 6) is 1.04. The molecule has 2 aliphatic rings. The Morgan fingerprint density at radius 1 is 1.25 bits per heavy atom. The Hall–Kier alpha value is -3.59. The molecule has 9 heteroatoms. The number of amides is 1. The van der Waals surface area contributed by atoms with Crippen molar-refractivity contribution in [2.24, 2.45) is 5.92 Å². The lowest BCUT2D eigenvalue weighted by Crippen LogP contribution is -2.43. The first-order valence-corrected chi connectivity index (χ1v) is 10.6. The van der Waals surface area contributed by atoms with Gasteiger partial charge in [-0.1, -0.05) is 6.92 Å². The van der Waals surface area contributed by atoms with Crippen molar-refractivity contribution in [3.63, 3.8) is 0 Å². The fourth-order valence-corrected chi connectivity index (χ4v) is 4.46. The first-order valence-electron chi connectivity index (χ1n) is 10.6. The van der Waals surface area contributed by atoms with Crippen LogP contribution in [-0.2, 0) is 4.74 Å². The maximum absolute atomic E-state index is 12.1. The predicted molar refractivity (Wildman–Crippen MR) is 122 cm³/mol. The van der Waals surface area contributed by atoms with Crippen LogP contribution in [0.25, 0.3) is 21.9 Å². The predicted octanol–water partition coefficient (Wildman–Crippen LogP) is 3.51. The van der Waals surface area contributed by atoms with Gasteiger partial charge in [-0.05, 0) is 41.6 Å². The van der Waals surface area contributed by atoms with Crippen LogP contribution in [0.4, 0.5) is 22.0 Å². The van der Waals surface area contributed by atoms with Gasteiger partial charge in [-0.15, -0.1) is 0 Å². The molecule has 1 aromatic carbocycles. The van der Waals surface area contributed by atoms with Crippen molar-refractivity contribution >= 4 is 34.1 Å². The van der Waals surface area contributed by atoms with E-state index in [1.165, 1.54) is 4.90 Å². The Morgan fingerprint density at radius 3 is 2.84 bits per heavy atom. The number of pyridine rings is 2. The van der Waals surface area contributed by atoms with Crippen molar-refractivity contribution in [2.75, 3.05) is 42.3 Å². The van der Waals surface area contributed by atoms with E-state index in [9.17, 15) is 9.90 Å². The lowest BCUT2D eigenvalue weighted by Gasteiger charge is -2.27. The minimum atomic E-state index is -1.05. The molecule has 0 unspecified atom stereocenters. The highest BCUT2D eigenvalue weighted by molar-refractivity contribution is 5.99. The maximum atomic E-state index is 12.1. The monoisotopic (exact) mass is 435 g/mol. The van der Waals surface area contributed by atoms with E-state index in [1.54, 1.807) is 18.5 Å². The van der Waals surface area contributed by atoms with E-state index in [2.05, 4.69) is 15.3 Å². The first-order chi connectivity index (χ1) is 15.4. The lowest BCUT2D eigenvalue weighted by atomic mass is 9.97. The topological polar surface area (TPSA) is 123 Å². The number of hydrogen-bond donors (Lipinski definition) is 3. The average molecular weight is 435 g/mol. The summed E-state index contributed by atoms with van der Waals surface area (Å²) in [6, 6.07) is 5.38. The largest absolute Gasteiger partial charge is 0.474 e. The molecule has 2 aliphatic heterocycles. The fraction of sp³-hybridized carbons (Fsp3) is 0.348. The van der Waals surface area contributed by atoms with Gasteiger partial charge < -0.3 is 25.6 Å². The summed E-state index contributed by atoms with van der Waals surface area (Å²) >= 11 is 0. The Bertz CT molecular complexity index is 1210. The first kappa shape index (κ1) is 20.3. The number of fused-ring (bicyclic) bond motifs is 2. The number of carboxylic acid groups (broad SMARTS) is 1. The Balaban J connectivity index is 1.61. The Morgan fingerprint density at radius 2 is 2.09 bits per heavy atom. The molecule has 2 aromatic heterocycles. The number of ether oxygens (including phenoxy) is 2. The third-order valence-corrected chi connectivity index (χ3v) is 6.22. The second kappa shape index (κ2) is 7.83. The molecule has 9 nitrogen and oxygen atoms in total. The fourth-order valence-electron chi connectivity index (χ4n) is 4.46. The summed E-state index contributed by atoms with van der Waals surface area (Å²) < 4.78 is 11.1. The summed E-state index contributed by atoms with van der Waals surface area (Å²) in [5, 5.41) is 14.8. The average Bonchev–Trinajstić information content (AvgIpc) is 3.19. The molecule has 0 spiro atoms. The molecule has 3 aromatic rings. The number of nitrogens with zero attached hydrogens (tertiary/aromatic N) is 3. The van der Waals surface area contributed by atoms with Gasteiger partial charge in [0.25, 0.3) is 0 Å². The minimum Gasteiger partial charge on any atom is -0.474 e. The highest BCUT2D eigenvalue weighted by atomic mass is 16.5. The van der Waals surface area contributed by atoms with E-state index < -0.39 is 6.09 Å². The summed E-state index contributed by atoms with van der Waals surface area (Å²) in [6.45, 7) is 6.19. The molecule has 1 fully saturated rings. The molecular weight excluding hydrogens is 410 g/mol. The second-order valence-corrected chi connectivity index (χ2v) is 8.32. The zero-order chi connectivity index (χ0) is 22.4. The summed E-state index contributed by atoms with van der Waals surface area (Å²) in [7, 11) is 0. The number of nitrogens with two attached hydrogens (primary N) is 1. The van der Waals surface area contributed by atoms with Crippen molar-refractivity contribution in [3.05, 3.63) is 36.2 Å². The van der Waals surface area contributed by atoms with Gasteiger partial charge in [0.1, 0.15) is 18.1 Å². The Labute approximate surface area is 185 Å². The van der Waals surface area contributed by atoms with Gasteiger partial charge in [0.15, 0.2) is 0 Å². The minimum absolute atomic E-state index is 0.0824. The molecule has 1 saturated heterocycles. The number of nitrogens with one attached hydrogen (secondary N) is 1. The van der Waals surface area contributed by atoms with Crippen molar-refractivity contribution in [3.8, 4) is 17.0 Å². The van der Waals surface area contributed by atoms with Crippen LogP contribution >= 0.6 is 0 Å². The zero-order valence-electron chi connectivity index (χ0n) is 18.0. The number of aromatic nitrogens is 2. The molecule has 2 atom stereocenters. The zero-order valence-corrected chi connectivity index (χ0v) is 18.0. The number of nitrogen functional groups attached to an aromatic ring is 1. The smallest absolute Gasteiger partial charge is 0.413 e. The normalized spacial score (nSPS) is 19.8. The van der Waals surface area contributed by atoms with E-state index >= 15 is 0 Å². The van der Waals surface area contributed by atoms with Gasteiger partial charge >= 0.3 is 6.09 Å². The summed E-state index contributed by atoms with van der Waals surface area (Å²) in [4.78, 5) is 22.3.